The van der Waals surface area contributed by atoms with Gasteiger partial charge in [-0.1, -0.05) is 35.9 Å². The summed E-state index contributed by atoms with van der Waals surface area (Å²) in [5.41, 5.74) is 9.19. The highest BCUT2D eigenvalue weighted by Gasteiger charge is 2.34. The SMILES string of the molecule is Cc1cc(C(=O)O)c(C)n1-c1ccccc1C(F)(F)F.Cc1ccc(C)c(CN)c1. The van der Waals surface area contributed by atoms with E-state index >= 15 is 0 Å². The molecule has 0 aliphatic carbocycles. The Morgan fingerprint density at radius 2 is 1.67 bits per heavy atom. The third kappa shape index (κ3) is 5.10. The van der Waals surface area contributed by atoms with Crippen molar-refractivity contribution in [2.24, 2.45) is 5.73 Å². The third-order valence-corrected chi connectivity index (χ3v) is 4.84. The number of nitrogens with two attached hydrogens (primary N) is 1. The van der Waals surface area contributed by atoms with Crippen LogP contribution in [0.1, 0.15) is 44.0 Å². The molecule has 0 amide bonds. The fourth-order valence-electron chi connectivity index (χ4n) is 3.28. The highest BCUT2D eigenvalue weighted by Crippen LogP contribution is 2.35. The fourth-order valence-corrected chi connectivity index (χ4v) is 3.28. The largest absolute Gasteiger partial charge is 0.478 e. The molecule has 0 radical (unpaired) electrons. The van der Waals surface area contributed by atoms with Crippen LogP contribution in [0.5, 0.6) is 0 Å². The van der Waals surface area contributed by atoms with Crippen LogP contribution in [-0.2, 0) is 12.7 Å². The van der Waals surface area contributed by atoms with Crippen LogP contribution in [0.25, 0.3) is 5.69 Å². The van der Waals surface area contributed by atoms with Gasteiger partial charge in [0.05, 0.1) is 16.8 Å². The Balaban J connectivity index is 0.000000269. The second kappa shape index (κ2) is 9.17. The van der Waals surface area contributed by atoms with Crippen molar-refractivity contribution in [1.82, 2.24) is 4.57 Å². The Morgan fingerprint density at radius 3 is 2.17 bits per heavy atom. The third-order valence-electron chi connectivity index (χ3n) is 4.84. The Bertz CT molecular complexity index is 1050. The van der Waals surface area contributed by atoms with Crippen LogP contribution >= 0.6 is 0 Å². The van der Waals surface area contributed by atoms with Gasteiger partial charge in [0, 0.05) is 17.9 Å². The summed E-state index contributed by atoms with van der Waals surface area (Å²) in [4.78, 5) is 11.1. The number of hydrogen-bond donors (Lipinski definition) is 2. The molecule has 0 saturated heterocycles. The van der Waals surface area contributed by atoms with Crippen molar-refractivity contribution in [1.29, 1.82) is 0 Å². The van der Waals surface area contributed by atoms with E-state index in [1.54, 1.807) is 6.92 Å². The van der Waals surface area contributed by atoms with Crippen LogP contribution in [-0.4, -0.2) is 15.6 Å². The minimum absolute atomic E-state index is 0.000484. The Hall–Kier alpha value is -3.06. The molecular weight excluding hydrogens is 393 g/mol. The molecule has 0 aliphatic rings. The summed E-state index contributed by atoms with van der Waals surface area (Å²) in [5, 5.41) is 9.04. The minimum Gasteiger partial charge on any atom is -0.478 e. The molecule has 2 aromatic carbocycles. The van der Waals surface area contributed by atoms with Crippen LogP contribution in [0.4, 0.5) is 13.2 Å². The van der Waals surface area contributed by atoms with Gasteiger partial charge < -0.3 is 15.4 Å². The number of nitrogens with zero attached hydrogens (tertiary/aromatic N) is 1. The van der Waals surface area contributed by atoms with Gasteiger partial charge in [0.2, 0.25) is 0 Å². The van der Waals surface area contributed by atoms with E-state index in [1.807, 2.05) is 0 Å². The number of hydrogen-bond acceptors (Lipinski definition) is 2. The van der Waals surface area contributed by atoms with Gasteiger partial charge in [0.15, 0.2) is 0 Å². The average Bonchev–Trinajstić information content (AvgIpc) is 2.98. The van der Waals surface area contributed by atoms with Crippen molar-refractivity contribution in [3.8, 4) is 5.69 Å². The molecule has 1 aromatic heterocycles. The molecule has 0 unspecified atom stereocenters. The number of rotatable bonds is 3. The van der Waals surface area contributed by atoms with E-state index in [0.29, 0.717) is 12.2 Å². The zero-order valence-corrected chi connectivity index (χ0v) is 17.3. The maximum atomic E-state index is 13.0. The van der Waals surface area contributed by atoms with Gasteiger partial charge in [-0.15, -0.1) is 0 Å². The topological polar surface area (TPSA) is 68.2 Å². The number of para-hydroxylation sites is 1. The van der Waals surface area contributed by atoms with E-state index in [9.17, 15) is 18.0 Å². The Morgan fingerprint density at radius 1 is 1.03 bits per heavy atom. The summed E-state index contributed by atoms with van der Waals surface area (Å²) in [7, 11) is 0. The Labute approximate surface area is 173 Å². The highest BCUT2D eigenvalue weighted by atomic mass is 19.4. The first-order valence-electron chi connectivity index (χ1n) is 9.32. The molecule has 0 bridgehead atoms. The molecule has 30 heavy (non-hydrogen) atoms. The van der Waals surface area contributed by atoms with Crippen LogP contribution in [0, 0.1) is 27.7 Å². The minimum atomic E-state index is -4.50. The standard InChI is InChI=1S/C14H12F3NO2.C9H13N/c1-8-7-10(13(19)20)9(2)18(8)12-6-4-3-5-11(12)14(15,16)17;1-7-3-4-8(2)9(5-7)6-10/h3-7H,1-2H3,(H,19,20);3-5H,6,10H2,1-2H3. The predicted molar refractivity (Wildman–Crippen MR) is 111 cm³/mol. The quantitative estimate of drug-likeness (QED) is 0.584. The Kier molecular flexibility index (Phi) is 7.10. The lowest BCUT2D eigenvalue weighted by molar-refractivity contribution is -0.137. The molecule has 3 aromatic rings. The predicted octanol–water partition coefficient (Wildman–Crippen LogP) is 5.57. The molecule has 0 saturated carbocycles. The molecule has 4 nitrogen and oxygen atoms in total. The first kappa shape index (κ1) is 23.2. The molecule has 7 heteroatoms. The van der Waals surface area contributed by atoms with Gasteiger partial charge in [0.1, 0.15) is 0 Å². The second-order valence-electron chi connectivity index (χ2n) is 7.07. The number of aromatic carboxylic acids is 1. The van der Waals surface area contributed by atoms with Crippen LogP contribution in [0.2, 0.25) is 0 Å². The van der Waals surface area contributed by atoms with Gasteiger partial charge in [0.25, 0.3) is 0 Å². The van der Waals surface area contributed by atoms with Crippen molar-refractivity contribution >= 4 is 5.97 Å². The van der Waals surface area contributed by atoms with Crippen molar-refractivity contribution in [2.75, 3.05) is 0 Å². The molecule has 0 spiro atoms. The summed E-state index contributed by atoms with van der Waals surface area (Å²) >= 11 is 0. The van der Waals surface area contributed by atoms with E-state index in [1.165, 1.54) is 52.4 Å². The van der Waals surface area contributed by atoms with Crippen molar-refractivity contribution in [3.05, 3.63) is 87.7 Å². The first-order valence-corrected chi connectivity index (χ1v) is 9.32. The monoisotopic (exact) mass is 418 g/mol. The van der Waals surface area contributed by atoms with E-state index in [4.69, 9.17) is 10.8 Å². The first-order chi connectivity index (χ1) is 14.0. The molecule has 0 atom stereocenters. The summed E-state index contributed by atoms with van der Waals surface area (Å²) in [5.74, 6) is -1.16. The number of carbonyl (C=O) groups is 1. The van der Waals surface area contributed by atoms with Gasteiger partial charge >= 0.3 is 12.1 Å². The molecule has 1 heterocycles. The molecule has 160 valence electrons. The van der Waals surface area contributed by atoms with Gasteiger partial charge in [-0.3, -0.25) is 0 Å². The summed E-state index contributed by atoms with van der Waals surface area (Å²) < 4.78 is 40.4. The molecule has 3 rings (SSSR count). The lowest BCUT2D eigenvalue weighted by Crippen LogP contribution is -2.12. The average molecular weight is 418 g/mol. The van der Waals surface area contributed by atoms with Crippen molar-refractivity contribution in [3.63, 3.8) is 0 Å². The normalized spacial score (nSPS) is 11.1. The smallest absolute Gasteiger partial charge is 0.418 e. The van der Waals surface area contributed by atoms with Crippen LogP contribution in [0.15, 0.2) is 48.5 Å². The lowest BCUT2D eigenvalue weighted by atomic mass is 10.1. The second-order valence-corrected chi connectivity index (χ2v) is 7.07. The van der Waals surface area contributed by atoms with Gasteiger partial charge in [-0.05, 0) is 57.0 Å². The zero-order valence-electron chi connectivity index (χ0n) is 17.3. The molecule has 0 fully saturated rings. The van der Waals surface area contributed by atoms with Crippen molar-refractivity contribution < 1.29 is 23.1 Å². The molecule has 0 aliphatic heterocycles. The number of halogens is 3. The highest BCUT2D eigenvalue weighted by molar-refractivity contribution is 5.89. The zero-order chi connectivity index (χ0) is 22.6. The molecular formula is C23H25F3N2O2. The maximum Gasteiger partial charge on any atom is 0.418 e. The lowest BCUT2D eigenvalue weighted by Gasteiger charge is -2.16. The maximum absolute atomic E-state index is 13.0. The molecule has 3 N–H and O–H groups in total. The van der Waals surface area contributed by atoms with E-state index in [2.05, 4.69) is 32.0 Å². The summed E-state index contributed by atoms with van der Waals surface area (Å²) in [6.45, 7) is 7.88. The summed E-state index contributed by atoms with van der Waals surface area (Å²) in [6.07, 6.45) is -4.50. The van der Waals surface area contributed by atoms with Crippen LogP contribution in [0.3, 0.4) is 0 Å². The number of carboxylic acid groups (broad SMARTS) is 1. The number of aromatic nitrogens is 1. The van der Waals surface area contributed by atoms with E-state index in [-0.39, 0.29) is 16.9 Å². The van der Waals surface area contributed by atoms with Crippen LogP contribution < -0.4 is 5.73 Å². The van der Waals surface area contributed by atoms with E-state index < -0.39 is 17.7 Å². The number of carboxylic acids is 1. The number of alkyl halides is 3. The van der Waals surface area contributed by atoms with E-state index in [0.717, 1.165) is 6.07 Å². The van der Waals surface area contributed by atoms with Gasteiger partial charge in [-0.2, -0.15) is 13.2 Å². The van der Waals surface area contributed by atoms with Gasteiger partial charge in [-0.25, -0.2) is 4.79 Å². The van der Waals surface area contributed by atoms with Crippen molar-refractivity contribution in [2.45, 2.75) is 40.4 Å². The fraction of sp³-hybridized carbons (Fsp3) is 0.261. The number of aryl methyl sites for hydroxylation is 3. The summed E-state index contributed by atoms with van der Waals surface area (Å²) in [6, 6.07) is 12.8. The number of benzene rings is 2.